The van der Waals surface area contributed by atoms with E-state index in [1.54, 1.807) is 15.6 Å². The van der Waals surface area contributed by atoms with Crippen molar-refractivity contribution >= 4 is 0 Å². The Morgan fingerprint density at radius 1 is 1.44 bits per heavy atom. The summed E-state index contributed by atoms with van der Waals surface area (Å²) >= 11 is 0. The maximum Gasteiger partial charge on any atom is 0.104 e. The van der Waals surface area contributed by atoms with Gasteiger partial charge in [0.25, 0.3) is 0 Å². The van der Waals surface area contributed by atoms with Gasteiger partial charge in [0.15, 0.2) is 0 Å². The second-order valence-electron chi connectivity index (χ2n) is 3.86. The van der Waals surface area contributed by atoms with Gasteiger partial charge in [0.05, 0.1) is 30.3 Å². The minimum atomic E-state index is -0.0320. The van der Waals surface area contributed by atoms with Crippen LogP contribution in [0.2, 0.25) is 0 Å². The first-order valence-corrected chi connectivity index (χ1v) is 5.37. The summed E-state index contributed by atoms with van der Waals surface area (Å²) in [5, 5.41) is 12.2. The largest absolute Gasteiger partial charge is 0.323 e. The van der Waals surface area contributed by atoms with Crippen LogP contribution in [-0.2, 0) is 7.05 Å². The molecule has 1 atom stereocenters. The van der Waals surface area contributed by atoms with E-state index in [1.807, 2.05) is 19.4 Å². The SMILES string of the molecule is CCCC(N)c1cn(-c2cnn(C)c2)nn1. The molecule has 2 aromatic rings. The van der Waals surface area contributed by atoms with Crippen molar-refractivity contribution in [2.75, 3.05) is 0 Å². The number of rotatable bonds is 4. The monoisotopic (exact) mass is 220 g/mol. The van der Waals surface area contributed by atoms with Crippen LogP contribution in [0.4, 0.5) is 0 Å². The molecule has 0 saturated carbocycles. The fraction of sp³-hybridized carbons (Fsp3) is 0.500. The molecule has 2 rings (SSSR count). The summed E-state index contributed by atoms with van der Waals surface area (Å²) in [6.07, 6.45) is 7.44. The lowest BCUT2D eigenvalue weighted by Gasteiger charge is -2.03. The molecule has 0 aliphatic rings. The molecule has 0 amide bonds. The highest BCUT2D eigenvalue weighted by atomic mass is 15.4. The van der Waals surface area contributed by atoms with Crippen LogP contribution in [0, 0.1) is 0 Å². The quantitative estimate of drug-likeness (QED) is 0.827. The molecule has 16 heavy (non-hydrogen) atoms. The molecule has 0 saturated heterocycles. The van der Waals surface area contributed by atoms with Gasteiger partial charge >= 0.3 is 0 Å². The van der Waals surface area contributed by atoms with Crippen molar-refractivity contribution in [3.63, 3.8) is 0 Å². The van der Waals surface area contributed by atoms with Crippen molar-refractivity contribution in [2.45, 2.75) is 25.8 Å². The fourth-order valence-corrected chi connectivity index (χ4v) is 1.56. The van der Waals surface area contributed by atoms with Gasteiger partial charge in [-0.1, -0.05) is 18.6 Å². The zero-order chi connectivity index (χ0) is 11.5. The second kappa shape index (κ2) is 4.44. The molecule has 0 spiro atoms. The highest BCUT2D eigenvalue weighted by molar-refractivity contribution is 5.24. The molecular weight excluding hydrogens is 204 g/mol. The van der Waals surface area contributed by atoms with Crippen LogP contribution in [0.3, 0.4) is 0 Å². The molecule has 2 aromatic heterocycles. The summed E-state index contributed by atoms with van der Waals surface area (Å²) in [7, 11) is 1.87. The van der Waals surface area contributed by atoms with Gasteiger partial charge in [-0.3, -0.25) is 4.68 Å². The van der Waals surface area contributed by atoms with Gasteiger partial charge in [0.1, 0.15) is 5.69 Å². The zero-order valence-corrected chi connectivity index (χ0v) is 9.54. The van der Waals surface area contributed by atoms with E-state index in [4.69, 9.17) is 5.73 Å². The maximum atomic E-state index is 5.97. The minimum absolute atomic E-state index is 0.0320. The van der Waals surface area contributed by atoms with Crippen molar-refractivity contribution in [2.24, 2.45) is 12.8 Å². The third-order valence-electron chi connectivity index (χ3n) is 2.45. The molecule has 1 unspecified atom stereocenters. The Balaban J connectivity index is 2.19. The van der Waals surface area contributed by atoms with E-state index in [0.717, 1.165) is 24.2 Å². The van der Waals surface area contributed by atoms with Crippen LogP contribution >= 0.6 is 0 Å². The molecule has 0 bridgehead atoms. The summed E-state index contributed by atoms with van der Waals surface area (Å²) in [6, 6.07) is -0.0320. The predicted octanol–water partition coefficient (Wildman–Crippen LogP) is 0.801. The number of aromatic nitrogens is 5. The third-order valence-corrected chi connectivity index (χ3v) is 2.45. The van der Waals surface area contributed by atoms with Crippen molar-refractivity contribution in [3.05, 3.63) is 24.3 Å². The average molecular weight is 220 g/mol. The van der Waals surface area contributed by atoms with E-state index < -0.39 is 0 Å². The molecule has 86 valence electrons. The third kappa shape index (κ3) is 2.11. The van der Waals surface area contributed by atoms with E-state index in [-0.39, 0.29) is 6.04 Å². The molecule has 0 aliphatic heterocycles. The van der Waals surface area contributed by atoms with Crippen LogP contribution in [0.5, 0.6) is 0 Å². The minimum Gasteiger partial charge on any atom is -0.323 e. The van der Waals surface area contributed by atoms with E-state index >= 15 is 0 Å². The molecule has 2 N–H and O–H groups in total. The summed E-state index contributed by atoms with van der Waals surface area (Å²) in [6.45, 7) is 2.10. The van der Waals surface area contributed by atoms with E-state index in [0.29, 0.717) is 0 Å². The number of aryl methyl sites for hydroxylation is 1. The fourth-order valence-electron chi connectivity index (χ4n) is 1.56. The first-order valence-electron chi connectivity index (χ1n) is 5.37. The first-order chi connectivity index (χ1) is 7.70. The Morgan fingerprint density at radius 3 is 2.88 bits per heavy atom. The van der Waals surface area contributed by atoms with Crippen LogP contribution in [0.25, 0.3) is 5.69 Å². The Labute approximate surface area is 94.1 Å². The van der Waals surface area contributed by atoms with Crippen LogP contribution in [-0.4, -0.2) is 24.8 Å². The number of hydrogen-bond acceptors (Lipinski definition) is 4. The summed E-state index contributed by atoms with van der Waals surface area (Å²) in [4.78, 5) is 0. The smallest absolute Gasteiger partial charge is 0.104 e. The predicted molar refractivity (Wildman–Crippen MR) is 60.0 cm³/mol. The van der Waals surface area contributed by atoms with Crippen molar-refractivity contribution < 1.29 is 0 Å². The summed E-state index contributed by atoms with van der Waals surface area (Å²) < 4.78 is 3.42. The Kier molecular flexibility index (Phi) is 3.00. The number of hydrogen-bond donors (Lipinski definition) is 1. The molecule has 6 heteroatoms. The normalized spacial score (nSPS) is 12.9. The number of nitrogens with zero attached hydrogens (tertiary/aromatic N) is 5. The van der Waals surface area contributed by atoms with Gasteiger partial charge < -0.3 is 5.73 Å². The lowest BCUT2D eigenvalue weighted by Crippen LogP contribution is -2.09. The first kappa shape index (κ1) is 10.8. The summed E-state index contributed by atoms with van der Waals surface area (Å²) in [5.41, 5.74) is 7.68. The lowest BCUT2D eigenvalue weighted by molar-refractivity contribution is 0.619. The highest BCUT2D eigenvalue weighted by Crippen LogP contribution is 2.13. The van der Waals surface area contributed by atoms with Gasteiger partial charge in [-0.15, -0.1) is 5.10 Å². The zero-order valence-electron chi connectivity index (χ0n) is 9.54. The molecule has 0 aliphatic carbocycles. The van der Waals surface area contributed by atoms with E-state index in [9.17, 15) is 0 Å². The van der Waals surface area contributed by atoms with Crippen LogP contribution in [0.15, 0.2) is 18.6 Å². The van der Waals surface area contributed by atoms with E-state index in [2.05, 4.69) is 22.3 Å². The molecule has 0 radical (unpaired) electrons. The molecule has 0 aromatic carbocycles. The second-order valence-corrected chi connectivity index (χ2v) is 3.86. The van der Waals surface area contributed by atoms with Crippen LogP contribution < -0.4 is 5.73 Å². The van der Waals surface area contributed by atoms with Crippen molar-refractivity contribution in [3.8, 4) is 5.69 Å². The lowest BCUT2D eigenvalue weighted by atomic mass is 10.1. The average Bonchev–Trinajstić information content (AvgIpc) is 2.85. The van der Waals surface area contributed by atoms with Crippen molar-refractivity contribution in [1.82, 2.24) is 24.8 Å². The number of nitrogens with two attached hydrogens (primary N) is 1. The molecule has 6 nitrogen and oxygen atoms in total. The maximum absolute atomic E-state index is 5.97. The summed E-state index contributed by atoms with van der Waals surface area (Å²) in [5.74, 6) is 0. The van der Waals surface area contributed by atoms with Crippen molar-refractivity contribution in [1.29, 1.82) is 0 Å². The Hall–Kier alpha value is -1.69. The van der Waals surface area contributed by atoms with Gasteiger partial charge in [-0.05, 0) is 6.42 Å². The standard InChI is InChI=1S/C10H16N6/c1-3-4-9(11)10-7-16(14-13-10)8-5-12-15(2)6-8/h5-7,9H,3-4,11H2,1-2H3. The topological polar surface area (TPSA) is 74.6 Å². The molecule has 0 fully saturated rings. The van der Waals surface area contributed by atoms with E-state index in [1.165, 1.54) is 0 Å². The van der Waals surface area contributed by atoms with Gasteiger partial charge in [-0.2, -0.15) is 5.10 Å². The molecule has 2 heterocycles. The van der Waals surface area contributed by atoms with Gasteiger partial charge in [0.2, 0.25) is 0 Å². The Bertz CT molecular complexity index is 457. The Morgan fingerprint density at radius 2 is 2.25 bits per heavy atom. The van der Waals surface area contributed by atoms with Gasteiger partial charge in [-0.25, -0.2) is 4.68 Å². The highest BCUT2D eigenvalue weighted by Gasteiger charge is 2.10. The van der Waals surface area contributed by atoms with Gasteiger partial charge in [0, 0.05) is 7.05 Å². The van der Waals surface area contributed by atoms with Crippen LogP contribution in [0.1, 0.15) is 31.5 Å². The molecular formula is C10H16N6.